The largest absolute Gasteiger partial charge is 0.389 e. The van der Waals surface area contributed by atoms with E-state index in [0.29, 0.717) is 0 Å². The van der Waals surface area contributed by atoms with Crippen LogP contribution in [0.4, 0.5) is 0 Å². The first-order chi connectivity index (χ1) is 12.3. The van der Waals surface area contributed by atoms with Crippen LogP contribution in [0.3, 0.4) is 0 Å². The Kier molecular flexibility index (Phi) is 6.49. The second-order valence-corrected chi connectivity index (χ2v) is 10.1. The summed E-state index contributed by atoms with van der Waals surface area (Å²) in [5, 5.41) is 11.5. The molecule has 4 heteroatoms. The first kappa shape index (κ1) is 20.3. The molecule has 2 aliphatic rings. The van der Waals surface area contributed by atoms with Gasteiger partial charge in [-0.1, -0.05) is 47.3 Å². The summed E-state index contributed by atoms with van der Waals surface area (Å²) >= 11 is 3.55. The molecule has 1 unspecified atom stereocenters. The lowest BCUT2D eigenvalue weighted by molar-refractivity contribution is -0.0370. The van der Waals surface area contributed by atoms with Crippen molar-refractivity contribution in [2.45, 2.75) is 69.9 Å². The van der Waals surface area contributed by atoms with Crippen LogP contribution in [0.15, 0.2) is 28.7 Å². The first-order valence-electron chi connectivity index (χ1n) is 10.2. The Bertz CT molecular complexity index is 567. The minimum atomic E-state index is -0.548. The van der Waals surface area contributed by atoms with Gasteiger partial charge in [0.1, 0.15) is 0 Å². The number of nitrogens with zero attached hydrogens (tertiary/aromatic N) is 2. The minimum Gasteiger partial charge on any atom is -0.389 e. The molecule has 146 valence electrons. The maximum absolute atomic E-state index is 11.5. The van der Waals surface area contributed by atoms with E-state index in [4.69, 9.17) is 0 Å². The Balaban J connectivity index is 1.73. The SMILES string of the molecule is CC(C)(C)N1CCN(CC(c2ccc(Br)cc2)C2(O)CCCCC2)CC1. The van der Waals surface area contributed by atoms with E-state index in [1.807, 2.05) is 0 Å². The third kappa shape index (κ3) is 4.89. The minimum absolute atomic E-state index is 0.206. The number of aliphatic hydroxyl groups is 1. The Morgan fingerprint density at radius 1 is 1.00 bits per heavy atom. The third-order valence-corrected chi connectivity index (χ3v) is 6.93. The lowest BCUT2D eigenvalue weighted by atomic mass is 9.72. The average Bonchev–Trinajstić information content (AvgIpc) is 2.61. The molecule has 1 saturated heterocycles. The standard InChI is InChI=1S/C22H35BrN2O/c1-21(2,3)25-15-13-24(14-16-25)17-20(18-7-9-19(23)10-8-18)22(26)11-5-4-6-12-22/h7-10,20,26H,4-6,11-17H2,1-3H3. The van der Waals surface area contributed by atoms with Crippen LogP contribution in [-0.2, 0) is 0 Å². The molecule has 0 spiro atoms. The van der Waals surface area contributed by atoms with Crippen molar-refractivity contribution in [2.75, 3.05) is 32.7 Å². The summed E-state index contributed by atoms with van der Waals surface area (Å²) in [6.07, 6.45) is 5.45. The Morgan fingerprint density at radius 2 is 1.58 bits per heavy atom. The van der Waals surface area contributed by atoms with Crippen LogP contribution in [0, 0.1) is 0 Å². The number of halogens is 1. The molecule has 1 aromatic carbocycles. The number of piperazine rings is 1. The van der Waals surface area contributed by atoms with E-state index in [0.717, 1.165) is 62.9 Å². The second-order valence-electron chi connectivity index (χ2n) is 9.23. The van der Waals surface area contributed by atoms with E-state index in [-0.39, 0.29) is 11.5 Å². The molecule has 0 amide bonds. The fraction of sp³-hybridized carbons (Fsp3) is 0.727. The highest BCUT2D eigenvalue weighted by Gasteiger charge is 2.40. The van der Waals surface area contributed by atoms with Gasteiger partial charge in [0.15, 0.2) is 0 Å². The van der Waals surface area contributed by atoms with E-state index in [1.165, 1.54) is 12.0 Å². The van der Waals surface area contributed by atoms with Crippen LogP contribution in [0.25, 0.3) is 0 Å². The highest BCUT2D eigenvalue weighted by molar-refractivity contribution is 9.10. The molecule has 1 N–H and O–H groups in total. The maximum atomic E-state index is 11.5. The van der Waals surface area contributed by atoms with Crippen LogP contribution >= 0.6 is 15.9 Å². The molecule has 1 aliphatic heterocycles. The Labute approximate surface area is 167 Å². The fourth-order valence-corrected chi connectivity index (χ4v) is 4.92. The molecular formula is C22H35BrN2O. The average molecular weight is 423 g/mol. The van der Waals surface area contributed by atoms with Crippen molar-refractivity contribution in [2.24, 2.45) is 0 Å². The van der Waals surface area contributed by atoms with Crippen molar-refractivity contribution < 1.29 is 5.11 Å². The summed E-state index contributed by atoms with van der Waals surface area (Å²) in [6, 6.07) is 8.64. The van der Waals surface area contributed by atoms with Gasteiger partial charge >= 0.3 is 0 Å². The van der Waals surface area contributed by atoms with Crippen LogP contribution in [0.1, 0.15) is 64.4 Å². The molecule has 0 bridgehead atoms. The topological polar surface area (TPSA) is 26.7 Å². The smallest absolute Gasteiger partial charge is 0.0728 e. The second kappa shape index (κ2) is 8.30. The lowest BCUT2D eigenvalue weighted by Gasteiger charge is -2.46. The van der Waals surface area contributed by atoms with Crippen LogP contribution in [0.5, 0.6) is 0 Å². The van der Waals surface area contributed by atoms with Gasteiger partial charge in [0.05, 0.1) is 5.60 Å². The molecule has 1 atom stereocenters. The Morgan fingerprint density at radius 3 is 2.12 bits per heavy atom. The lowest BCUT2D eigenvalue weighted by Crippen LogP contribution is -2.55. The summed E-state index contributed by atoms with van der Waals surface area (Å²) < 4.78 is 1.11. The van der Waals surface area contributed by atoms with Gasteiger partial charge in [0, 0.05) is 48.7 Å². The van der Waals surface area contributed by atoms with Gasteiger partial charge in [-0.3, -0.25) is 4.90 Å². The maximum Gasteiger partial charge on any atom is 0.0728 e. The molecular weight excluding hydrogens is 388 g/mol. The quantitative estimate of drug-likeness (QED) is 0.764. The third-order valence-electron chi connectivity index (χ3n) is 6.40. The zero-order valence-electron chi connectivity index (χ0n) is 16.7. The monoisotopic (exact) mass is 422 g/mol. The highest BCUT2D eigenvalue weighted by Crippen LogP contribution is 2.41. The summed E-state index contributed by atoms with van der Waals surface area (Å²) in [4.78, 5) is 5.15. The van der Waals surface area contributed by atoms with Gasteiger partial charge in [-0.15, -0.1) is 0 Å². The number of hydrogen-bond donors (Lipinski definition) is 1. The van der Waals surface area contributed by atoms with Gasteiger partial charge in [-0.2, -0.15) is 0 Å². The summed E-state index contributed by atoms with van der Waals surface area (Å²) in [7, 11) is 0. The van der Waals surface area contributed by atoms with Crippen molar-refractivity contribution >= 4 is 15.9 Å². The van der Waals surface area contributed by atoms with Crippen LogP contribution < -0.4 is 0 Å². The number of benzene rings is 1. The van der Waals surface area contributed by atoms with Crippen molar-refractivity contribution in [3.05, 3.63) is 34.3 Å². The van der Waals surface area contributed by atoms with Crippen molar-refractivity contribution in [3.63, 3.8) is 0 Å². The van der Waals surface area contributed by atoms with Gasteiger partial charge in [-0.25, -0.2) is 0 Å². The normalized spacial score (nSPS) is 23.7. The number of hydrogen-bond acceptors (Lipinski definition) is 3. The molecule has 26 heavy (non-hydrogen) atoms. The van der Waals surface area contributed by atoms with Gasteiger partial charge in [-0.05, 0) is 51.3 Å². The predicted octanol–water partition coefficient (Wildman–Crippen LogP) is 4.64. The molecule has 1 aliphatic carbocycles. The molecule has 3 nitrogen and oxygen atoms in total. The van der Waals surface area contributed by atoms with Gasteiger partial charge in [0.2, 0.25) is 0 Å². The molecule has 1 heterocycles. The van der Waals surface area contributed by atoms with Crippen LogP contribution in [0.2, 0.25) is 0 Å². The summed E-state index contributed by atoms with van der Waals surface area (Å²) in [5.74, 6) is 0.206. The molecule has 0 radical (unpaired) electrons. The van der Waals surface area contributed by atoms with Crippen molar-refractivity contribution in [1.29, 1.82) is 0 Å². The number of rotatable bonds is 4. The van der Waals surface area contributed by atoms with Crippen LogP contribution in [-0.4, -0.2) is 58.8 Å². The van der Waals surface area contributed by atoms with E-state index < -0.39 is 5.60 Å². The molecule has 3 rings (SSSR count). The first-order valence-corrected chi connectivity index (χ1v) is 11.0. The van der Waals surface area contributed by atoms with E-state index in [2.05, 4.69) is 70.8 Å². The zero-order valence-corrected chi connectivity index (χ0v) is 18.3. The fourth-order valence-electron chi connectivity index (χ4n) is 4.65. The molecule has 1 saturated carbocycles. The summed E-state index contributed by atoms with van der Waals surface area (Å²) in [5.41, 5.74) is 0.988. The van der Waals surface area contributed by atoms with Crippen molar-refractivity contribution in [3.8, 4) is 0 Å². The van der Waals surface area contributed by atoms with E-state index >= 15 is 0 Å². The highest BCUT2D eigenvalue weighted by atomic mass is 79.9. The van der Waals surface area contributed by atoms with Gasteiger partial charge < -0.3 is 10.0 Å². The summed E-state index contributed by atoms with van der Waals surface area (Å²) in [6.45, 7) is 12.3. The molecule has 0 aromatic heterocycles. The van der Waals surface area contributed by atoms with E-state index in [1.54, 1.807) is 0 Å². The zero-order chi connectivity index (χ0) is 18.8. The van der Waals surface area contributed by atoms with E-state index in [9.17, 15) is 5.11 Å². The predicted molar refractivity (Wildman–Crippen MR) is 113 cm³/mol. The van der Waals surface area contributed by atoms with Crippen molar-refractivity contribution in [1.82, 2.24) is 9.80 Å². The molecule has 1 aromatic rings. The molecule has 2 fully saturated rings. The van der Waals surface area contributed by atoms with Gasteiger partial charge in [0.25, 0.3) is 0 Å². The Hall–Kier alpha value is -0.420.